The van der Waals surface area contributed by atoms with Crippen LogP contribution in [0.15, 0.2) is 10.9 Å². The van der Waals surface area contributed by atoms with Gasteiger partial charge in [-0.25, -0.2) is 0 Å². The van der Waals surface area contributed by atoms with Crippen LogP contribution in [0.2, 0.25) is 0 Å². The third kappa shape index (κ3) is 3.76. The van der Waals surface area contributed by atoms with Crippen molar-refractivity contribution in [2.45, 2.75) is 13.3 Å². The zero-order valence-corrected chi connectivity index (χ0v) is 10.8. The third-order valence-electron chi connectivity index (χ3n) is 2.17. The second-order valence-corrected chi connectivity index (χ2v) is 3.52. The molecule has 0 amide bonds. The Balaban J connectivity index is 1.96. The van der Waals surface area contributed by atoms with E-state index < -0.39 is 0 Å². The number of hydrogen-bond acceptors (Lipinski definition) is 9. The average Bonchev–Trinajstić information content (AvgIpc) is 2.92. The highest BCUT2D eigenvalue weighted by Gasteiger charge is 2.06. The molecule has 0 spiro atoms. The summed E-state index contributed by atoms with van der Waals surface area (Å²) in [7, 11) is 1.51. The maximum atomic E-state index is 5.01. The summed E-state index contributed by atoms with van der Waals surface area (Å²) in [5, 5.41) is 9.77. The summed E-state index contributed by atoms with van der Waals surface area (Å²) in [6.45, 7) is 3.26. The van der Waals surface area contributed by atoms with Crippen molar-refractivity contribution < 1.29 is 9.26 Å². The zero-order valence-electron chi connectivity index (χ0n) is 10.8. The number of nitrogens with one attached hydrogen (secondary N) is 2. The van der Waals surface area contributed by atoms with E-state index in [2.05, 4.69) is 40.2 Å². The SMILES string of the molecule is CCNc1nc(NCCc2ncon2)nc(OC)n1. The first-order valence-electron chi connectivity index (χ1n) is 5.85. The van der Waals surface area contributed by atoms with Gasteiger partial charge in [0.2, 0.25) is 18.3 Å². The molecule has 0 aromatic carbocycles. The highest BCUT2D eigenvalue weighted by atomic mass is 16.5. The van der Waals surface area contributed by atoms with E-state index in [-0.39, 0.29) is 6.01 Å². The van der Waals surface area contributed by atoms with Gasteiger partial charge in [0.15, 0.2) is 5.82 Å². The van der Waals surface area contributed by atoms with Gasteiger partial charge in [-0.1, -0.05) is 5.16 Å². The second-order valence-electron chi connectivity index (χ2n) is 3.52. The smallest absolute Gasteiger partial charge is 0.322 e. The van der Waals surface area contributed by atoms with Gasteiger partial charge in [-0.2, -0.15) is 19.9 Å². The Morgan fingerprint density at radius 2 is 2.00 bits per heavy atom. The number of rotatable bonds is 7. The topological polar surface area (TPSA) is 111 Å². The molecule has 0 aliphatic heterocycles. The Morgan fingerprint density at radius 1 is 1.21 bits per heavy atom. The molecule has 9 heteroatoms. The molecule has 0 aliphatic carbocycles. The summed E-state index contributed by atoms with van der Waals surface area (Å²) in [5.74, 6) is 1.53. The molecule has 2 aromatic rings. The van der Waals surface area contributed by atoms with Gasteiger partial charge in [-0.05, 0) is 6.92 Å². The monoisotopic (exact) mass is 265 g/mol. The Bertz CT molecular complexity index is 503. The van der Waals surface area contributed by atoms with E-state index in [4.69, 9.17) is 4.74 Å². The minimum Gasteiger partial charge on any atom is -0.467 e. The van der Waals surface area contributed by atoms with Gasteiger partial charge in [0.05, 0.1) is 7.11 Å². The molecule has 0 atom stereocenters. The fraction of sp³-hybridized carbons (Fsp3) is 0.500. The first-order valence-corrected chi connectivity index (χ1v) is 5.85. The normalized spacial score (nSPS) is 10.2. The quantitative estimate of drug-likeness (QED) is 0.732. The van der Waals surface area contributed by atoms with Gasteiger partial charge in [0.1, 0.15) is 0 Å². The van der Waals surface area contributed by atoms with Crippen LogP contribution in [0.1, 0.15) is 12.7 Å². The summed E-state index contributed by atoms with van der Waals surface area (Å²) in [5.41, 5.74) is 0. The standard InChI is InChI=1S/C10H15N7O2/c1-3-11-8-14-9(16-10(15-8)18-2)12-5-4-7-13-6-19-17-7/h6H,3-5H2,1-2H3,(H2,11,12,14,15,16). The van der Waals surface area contributed by atoms with Gasteiger partial charge < -0.3 is 19.9 Å². The van der Waals surface area contributed by atoms with Gasteiger partial charge >= 0.3 is 6.01 Å². The maximum Gasteiger partial charge on any atom is 0.322 e. The van der Waals surface area contributed by atoms with Gasteiger partial charge in [-0.15, -0.1) is 0 Å². The molecule has 2 aromatic heterocycles. The molecule has 0 fully saturated rings. The van der Waals surface area contributed by atoms with Crippen molar-refractivity contribution in [2.24, 2.45) is 0 Å². The Hall–Kier alpha value is -2.45. The van der Waals surface area contributed by atoms with E-state index >= 15 is 0 Å². The van der Waals surface area contributed by atoms with E-state index in [9.17, 15) is 0 Å². The molecule has 0 aliphatic rings. The lowest BCUT2D eigenvalue weighted by molar-refractivity contribution is 0.379. The van der Waals surface area contributed by atoms with Crippen LogP contribution in [0.3, 0.4) is 0 Å². The molecule has 2 N–H and O–H groups in total. The summed E-state index contributed by atoms with van der Waals surface area (Å²) < 4.78 is 9.66. The summed E-state index contributed by atoms with van der Waals surface area (Å²) in [6.07, 6.45) is 1.91. The predicted molar refractivity (Wildman–Crippen MR) is 67.0 cm³/mol. The van der Waals surface area contributed by atoms with E-state index in [1.54, 1.807) is 0 Å². The number of nitrogens with zero attached hydrogens (tertiary/aromatic N) is 5. The van der Waals surface area contributed by atoms with E-state index in [1.165, 1.54) is 13.5 Å². The number of ether oxygens (including phenoxy) is 1. The Kier molecular flexibility index (Phi) is 4.43. The predicted octanol–water partition coefficient (Wildman–Crippen LogP) is 0.350. The van der Waals surface area contributed by atoms with Crippen LogP contribution in [0, 0.1) is 0 Å². The lowest BCUT2D eigenvalue weighted by Gasteiger charge is -2.07. The molecule has 0 radical (unpaired) electrons. The van der Waals surface area contributed by atoms with Crippen LogP contribution in [-0.2, 0) is 6.42 Å². The van der Waals surface area contributed by atoms with Crippen molar-refractivity contribution in [3.63, 3.8) is 0 Å². The van der Waals surface area contributed by atoms with Crippen molar-refractivity contribution in [1.29, 1.82) is 0 Å². The molecule has 0 unspecified atom stereocenters. The zero-order chi connectivity index (χ0) is 13.5. The van der Waals surface area contributed by atoms with Crippen molar-refractivity contribution in [3.05, 3.63) is 12.2 Å². The van der Waals surface area contributed by atoms with Gasteiger partial charge in [-0.3, -0.25) is 0 Å². The number of anilines is 2. The minimum atomic E-state index is 0.257. The van der Waals surface area contributed by atoms with Gasteiger partial charge in [0.25, 0.3) is 0 Å². The fourth-order valence-electron chi connectivity index (χ4n) is 1.35. The second kappa shape index (κ2) is 6.47. The fourth-order valence-corrected chi connectivity index (χ4v) is 1.35. The minimum absolute atomic E-state index is 0.257. The molecule has 0 saturated carbocycles. The van der Waals surface area contributed by atoms with Crippen molar-refractivity contribution in [2.75, 3.05) is 30.8 Å². The molecule has 9 nitrogen and oxygen atoms in total. The lowest BCUT2D eigenvalue weighted by atomic mass is 10.4. The van der Waals surface area contributed by atoms with Crippen molar-refractivity contribution in [1.82, 2.24) is 25.1 Å². The third-order valence-corrected chi connectivity index (χ3v) is 2.17. The molecule has 2 rings (SSSR count). The van der Waals surface area contributed by atoms with E-state index in [0.29, 0.717) is 30.7 Å². The van der Waals surface area contributed by atoms with Crippen LogP contribution in [0.25, 0.3) is 0 Å². The summed E-state index contributed by atoms with van der Waals surface area (Å²) in [6, 6.07) is 0.257. The van der Waals surface area contributed by atoms with Crippen LogP contribution < -0.4 is 15.4 Å². The molecule has 102 valence electrons. The summed E-state index contributed by atoms with van der Waals surface area (Å²) in [4.78, 5) is 16.3. The molecule has 0 bridgehead atoms. The van der Waals surface area contributed by atoms with E-state index in [0.717, 1.165) is 6.54 Å². The van der Waals surface area contributed by atoms with Crippen molar-refractivity contribution in [3.8, 4) is 6.01 Å². The molecular weight excluding hydrogens is 250 g/mol. The van der Waals surface area contributed by atoms with Crippen LogP contribution >= 0.6 is 0 Å². The molecule has 19 heavy (non-hydrogen) atoms. The molecular formula is C10H15N7O2. The Morgan fingerprint density at radius 3 is 2.63 bits per heavy atom. The first kappa shape index (κ1) is 13.0. The number of methoxy groups -OCH3 is 1. The summed E-state index contributed by atoms with van der Waals surface area (Å²) >= 11 is 0. The number of hydrogen-bond donors (Lipinski definition) is 2. The largest absolute Gasteiger partial charge is 0.467 e. The highest BCUT2D eigenvalue weighted by Crippen LogP contribution is 2.10. The highest BCUT2D eigenvalue weighted by molar-refractivity contribution is 5.35. The first-order chi connectivity index (χ1) is 9.31. The average molecular weight is 265 g/mol. The number of aromatic nitrogens is 5. The van der Waals surface area contributed by atoms with Crippen LogP contribution in [0.5, 0.6) is 6.01 Å². The van der Waals surface area contributed by atoms with Crippen LogP contribution in [0.4, 0.5) is 11.9 Å². The lowest BCUT2D eigenvalue weighted by Crippen LogP contribution is -2.12. The van der Waals surface area contributed by atoms with Crippen molar-refractivity contribution >= 4 is 11.9 Å². The Labute approximate surface area is 109 Å². The molecule has 2 heterocycles. The molecule has 0 saturated heterocycles. The van der Waals surface area contributed by atoms with Crippen LogP contribution in [-0.4, -0.2) is 45.3 Å². The van der Waals surface area contributed by atoms with Gasteiger partial charge in [0, 0.05) is 19.5 Å². The van der Waals surface area contributed by atoms with E-state index in [1.807, 2.05) is 6.92 Å². The maximum absolute atomic E-state index is 5.01.